The molecule has 1 unspecified atom stereocenters. The number of nitrogens with zero attached hydrogens (tertiary/aromatic N) is 3. The second kappa shape index (κ2) is 15.7. The van der Waals surface area contributed by atoms with E-state index in [0.717, 1.165) is 0 Å². The highest BCUT2D eigenvalue weighted by molar-refractivity contribution is 9.09. The summed E-state index contributed by atoms with van der Waals surface area (Å²) in [5, 5.41) is 10.6. The number of hydrogen-bond acceptors (Lipinski definition) is 7. The van der Waals surface area contributed by atoms with Gasteiger partial charge >= 0.3 is 5.97 Å². The highest BCUT2D eigenvalue weighted by atomic mass is 79.9. The molecule has 9 atom stereocenters. The van der Waals surface area contributed by atoms with E-state index in [0.29, 0.717) is 24.8 Å². The number of rotatable bonds is 16. The van der Waals surface area contributed by atoms with Crippen molar-refractivity contribution in [2.24, 2.45) is 17.8 Å². The predicted octanol–water partition coefficient (Wildman–Crippen LogP) is 4.66. The average Bonchev–Trinajstić information content (AvgIpc) is 3.66. The molecule has 1 aromatic carbocycles. The van der Waals surface area contributed by atoms with Crippen molar-refractivity contribution in [3.63, 3.8) is 0 Å². The van der Waals surface area contributed by atoms with Gasteiger partial charge in [0.2, 0.25) is 17.7 Å². The van der Waals surface area contributed by atoms with E-state index >= 15 is 0 Å². The molecular weight excluding hydrogens is 678 g/mol. The van der Waals surface area contributed by atoms with Crippen molar-refractivity contribution in [2.45, 2.75) is 107 Å². The van der Waals surface area contributed by atoms with Crippen molar-refractivity contribution in [2.75, 3.05) is 20.2 Å². The van der Waals surface area contributed by atoms with Gasteiger partial charge in [0.15, 0.2) is 0 Å². The quantitative estimate of drug-likeness (QED) is 0.150. The molecule has 2 bridgehead atoms. The fourth-order valence-corrected chi connectivity index (χ4v) is 8.75. The lowest BCUT2D eigenvalue weighted by atomic mass is 9.70. The molecule has 0 radical (unpaired) electrons. The first-order valence-electron chi connectivity index (χ1n) is 17.0. The minimum absolute atomic E-state index is 0.112. The summed E-state index contributed by atoms with van der Waals surface area (Å²) in [6.45, 7) is 17.1. The number of carbonyl (C=O) groups is 4. The second-order valence-electron chi connectivity index (χ2n) is 14.1. The molecule has 0 aromatic heterocycles. The summed E-state index contributed by atoms with van der Waals surface area (Å²) in [6.07, 6.45) is 3.39. The molecule has 3 aliphatic heterocycles. The van der Waals surface area contributed by atoms with E-state index in [-0.39, 0.29) is 54.1 Å². The number of likely N-dealkylation sites (tertiary alicyclic amines) is 1. The van der Waals surface area contributed by atoms with E-state index < -0.39 is 53.7 Å². The predicted molar refractivity (Wildman–Crippen MR) is 187 cm³/mol. The minimum Gasteiger partial charge on any atom is -0.455 e. The number of halogens is 1. The van der Waals surface area contributed by atoms with E-state index in [1.54, 1.807) is 29.0 Å². The van der Waals surface area contributed by atoms with Gasteiger partial charge in [0.25, 0.3) is 0 Å². The molecule has 10 nitrogen and oxygen atoms in total. The van der Waals surface area contributed by atoms with Crippen LogP contribution in [0.2, 0.25) is 0 Å². The Hall–Kier alpha value is -3.02. The zero-order valence-electron chi connectivity index (χ0n) is 29.1. The van der Waals surface area contributed by atoms with Gasteiger partial charge in [-0.25, -0.2) is 0 Å². The summed E-state index contributed by atoms with van der Waals surface area (Å²) in [5.74, 6) is -3.30. The lowest BCUT2D eigenvalue weighted by molar-refractivity contribution is -0.165. The number of carbonyl (C=O) groups excluding carboxylic acids is 4. The molecule has 0 saturated carbocycles. The van der Waals surface area contributed by atoms with Crippen molar-refractivity contribution < 1.29 is 33.8 Å². The van der Waals surface area contributed by atoms with Gasteiger partial charge in [-0.15, -0.1) is 13.2 Å². The topological polar surface area (TPSA) is 117 Å². The van der Waals surface area contributed by atoms with Crippen molar-refractivity contribution >= 4 is 39.6 Å². The van der Waals surface area contributed by atoms with Crippen molar-refractivity contribution in [1.82, 2.24) is 14.7 Å². The molecule has 0 aliphatic carbocycles. The number of esters is 1. The van der Waals surface area contributed by atoms with Crippen molar-refractivity contribution in [1.29, 1.82) is 0 Å². The Morgan fingerprint density at radius 3 is 2.38 bits per heavy atom. The maximum atomic E-state index is 14.7. The molecule has 3 saturated heterocycles. The Kier molecular flexibility index (Phi) is 12.3. The van der Waals surface area contributed by atoms with E-state index in [9.17, 15) is 24.3 Å². The van der Waals surface area contributed by atoms with Crippen LogP contribution >= 0.6 is 15.9 Å². The molecule has 11 heteroatoms. The number of aliphatic hydroxyl groups is 1. The normalized spacial score (nSPS) is 27.8. The number of allylic oxidation sites excluding steroid dienone is 1. The summed E-state index contributed by atoms with van der Waals surface area (Å²) in [4.78, 5) is 61.2. The van der Waals surface area contributed by atoms with Crippen LogP contribution in [0.4, 0.5) is 0 Å². The fraction of sp³-hybridized carbons (Fsp3) is 0.622. The number of amides is 3. The largest absolute Gasteiger partial charge is 0.455 e. The lowest BCUT2D eigenvalue weighted by Crippen LogP contribution is -2.60. The Balaban J connectivity index is 1.76. The molecule has 3 amide bonds. The number of alkyl halides is 1. The highest BCUT2D eigenvalue weighted by Gasteiger charge is 2.77. The minimum atomic E-state index is -1.30. The maximum Gasteiger partial charge on any atom is 0.313 e. The van der Waals surface area contributed by atoms with Crippen LogP contribution in [0.3, 0.4) is 0 Å². The molecule has 1 aromatic rings. The summed E-state index contributed by atoms with van der Waals surface area (Å²) in [7, 11) is 1.69. The zero-order valence-corrected chi connectivity index (χ0v) is 30.7. The third-order valence-electron chi connectivity index (χ3n) is 10.2. The van der Waals surface area contributed by atoms with Crippen molar-refractivity contribution in [3.8, 4) is 0 Å². The van der Waals surface area contributed by atoms with Crippen LogP contribution in [-0.4, -0.2) is 104 Å². The number of fused-ring (bicyclic) bond motifs is 1. The Bertz CT molecular complexity index is 1360. The summed E-state index contributed by atoms with van der Waals surface area (Å²) in [5.41, 5.74) is -0.599. The monoisotopic (exact) mass is 729 g/mol. The molecule has 264 valence electrons. The van der Waals surface area contributed by atoms with Crippen LogP contribution < -0.4 is 0 Å². The first-order valence-corrected chi connectivity index (χ1v) is 17.9. The molecule has 48 heavy (non-hydrogen) atoms. The van der Waals surface area contributed by atoms with Crippen LogP contribution in [0.15, 0.2) is 55.6 Å². The van der Waals surface area contributed by atoms with Gasteiger partial charge in [0, 0.05) is 30.9 Å². The molecular formula is C37H52BrN3O7. The smallest absolute Gasteiger partial charge is 0.313 e. The molecule has 3 heterocycles. The van der Waals surface area contributed by atoms with Gasteiger partial charge in [-0.3, -0.25) is 19.2 Å². The van der Waals surface area contributed by atoms with E-state index in [2.05, 4.69) is 29.1 Å². The number of hydrogen-bond donors (Lipinski definition) is 1. The van der Waals surface area contributed by atoms with Crippen LogP contribution in [0.5, 0.6) is 0 Å². The van der Waals surface area contributed by atoms with Crippen LogP contribution in [0.1, 0.15) is 72.0 Å². The van der Waals surface area contributed by atoms with Gasteiger partial charge < -0.3 is 29.3 Å². The number of aliphatic hydroxyl groups excluding tert-OH is 1. The summed E-state index contributed by atoms with van der Waals surface area (Å²) in [6, 6.07) is 6.81. The zero-order chi connectivity index (χ0) is 35.5. The third-order valence-corrected chi connectivity index (χ3v) is 11.0. The van der Waals surface area contributed by atoms with Gasteiger partial charge in [0.05, 0.1) is 36.6 Å². The number of likely N-dealkylation sites (N-methyl/N-ethyl adjacent to an activating group) is 1. The first-order chi connectivity index (χ1) is 22.7. The molecule has 3 aliphatic rings. The molecule has 1 spiro atoms. The number of ether oxygens (including phenoxy) is 2. The third kappa shape index (κ3) is 7.01. The lowest BCUT2D eigenvalue weighted by Gasteiger charge is -2.40. The van der Waals surface area contributed by atoms with Gasteiger partial charge in [-0.2, -0.15) is 0 Å². The molecule has 1 N–H and O–H groups in total. The van der Waals surface area contributed by atoms with E-state index in [1.165, 1.54) is 4.90 Å². The van der Waals surface area contributed by atoms with E-state index in [4.69, 9.17) is 9.47 Å². The summed E-state index contributed by atoms with van der Waals surface area (Å²) >= 11 is 3.74. The van der Waals surface area contributed by atoms with Gasteiger partial charge in [0.1, 0.15) is 17.7 Å². The van der Waals surface area contributed by atoms with Crippen LogP contribution in [-0.2, 0) is 28.7 Å². The Labute approximate surface area is 293 Å². The van der Waals surface area contributed by atoms with Crippen LogP contribution in [0, 0.1) is 17.8 Å². The standard InChI is InChI=1S/C37H52BrN3O7/c1-9-11-17-28(43)39(8)24(7)31(25-15-13-12-14-16-25)47-36(46)29-30-34(44)41(26(21-42)19-22(3)4)33(35(45)40(18-10-2)23(5)6)37(30)20-27(38)32(29)48-37/h9-10,12-16,22-24,26-27,29-33,42H,1-2,11,17-21H2,3-8H3/t24-,26+,27?,29-,30+,31+,32-,33-,37+/m0/s1. The fourth-order valence-electron chi connectivity index (χ4n) is 7.80. The Morgan fingerprint density at radius 2 is 1.81 bits per heavy atom. The second-order valence-corrected chi connectivity index (χ2v) is 15.3. The SMILES string of the molecule is C=CCCC(=O)N(C)[C@@H](C)[C@@H](OC(=O)[C@@H]1[C@H]2O[C@@]3(CC2Br)[C@H](C(=O)N(CC=C)C(C)C)N([C@@H](CO)CC(C)C)C(=O)[C@@H]13)c1ccccc1. The molecule has 4 rings (SSSR count). The van der Waals surface area contributed by atoms with Crippen molar-refractivity contribution in [3.05, 3.63) is 61.2 Å². The first kappa shape index (κ1) is 37.8. The van der Waals surface area contributed by atoms with Gasteiger partial charge in [-0.05, 0) is 51.5 Å². The molecule has 3 fully saturated rings. The van der Waals surface area contributed by atoms with E-state index in [1.807, 2.05) is 65.0 Å². The number of benzene rings is 1. The highest BCUT2D eigenvalue weighted by Crippen LogP contribution is 2.61. The maximum absolute atomic E-state index is 14.7. The average molecular weight is 731 g/mol. The van der Waals surface area contributed by atoms with Crippen LogP contribution in [0.25, 0.3) is 0 Å². The summed E-state index contributed by atoms with van der Waals surface area (Å²) < 4.78 is 13.0. The van der Waals surface area contributed by atoms with Gasteiger partial charge in [-0.1, -0.05) is 72.3 Å². The Morgan fingerprint density at radius 1 is 1.15 bits per heavy atom.